The lowest BCUT2D eigenvalue weighted by atomic mass is 9.83. The van der Waals surface area contributed by atoms with Crippen molar-refractivity contribution in [2.24, 2.45) is 7.05 Å². The zero-order valence-electron chi connectivity index (χ0n) is 24.9. The minimum atomic E-state index is -2.63. The van der Waals surface area contributed by atoms with Crippen LogP contribution in [-0.4, -0.2) is 57.2 Å². The number of nitrogens with zero attached hydrogens (tertiary/aromatic N) is 5. The average Bonchev–Trinajstić information content (AvgIpc) is 3.70. The molecular formula is C33H38F2N6O2. The number of fused-ring (bicyclic) bond motifs is 4. The van der Waals surface area contributed by atoms with E-state index in [1.807, 2.05) is 6.07 Å². The second-order valence-corrected chi connectivity index (χ2v) is 12.6. The number of carbonyl (C=O) groups is 2. The Morgan fingerprint density at radius 2 is 1.79 bits per heavy atom. The van der Waals surface area contributed by atoms with Crippen molar-refractivity contribution in [3.05, 3.63) is 64.5 Å². The summed E-state index contributed by atoms with van der Waals surface area (Å²) >= 11 is 0. The lowest BCUT2D eigenvalue weighted by molar-refractivity contribution is -0.133. The number of urea groups is 1. The van der Waals surface area contributed by atoms with E-state index < -0.39 is 6.43 Å². The van der Waals surface area contributed by atoms with Gasteiger partial charge in [0.2, 0.25) is 5.91 Å². The summed E-state index contributed by atoms with van der Waals surface area (Å²) in [5.74, 6) is 0.465. The molecule has 2 unspecified atom stereocenters. The number of nitrogens with one attached hydrogen (secondary N) is 1. The molecule has 8 nitrogen and oxygen atoms in total. The van der Waals surface area contributed by atoms with Gasteiger partial charge in [-0.2, -0.15) is 5.10 Å². The molecule has 226 valence electrons. The second-order valence-electron chi connectivity index (χ2n) is 12.6. The van der Waals surface area contributed by atoms with E-state index in [2.05, 4.69) is 32.3 Å². The largest absolute Gasteiger partial charge is 0.341 e. The van der Waals surface area contributed by atoms with Crippen molar-refractivity contribution >= 4 is 23.3 Å². The van der Waals surface area contributed by atoms with Crippen LogP contribution in [0.1, 0.15) is 79.2 Å². The van der Waals surface area contributed by atoms with Gasteiger partial charge in [0, 0.05) is 80.5 Å². The van der Waals surface area contributed by atoms with E-state index in [9.17, 15) is 18.4 Å². The molecule has 3 amide bonds. The Balaban J connectivity index is 1.32. The maximum absolute atomic E-state index is 14.6. The molecule has 2 atom stereocenters. The number of aryl methyl sites for hydroxylation is 2. The Hall–Kier alpha value is -3.95. The maximum atomic E-state index is 14.6. The molecule has 43 heavy (non-hydrogen) atoms. The summed E-state index contributed by atoms with van der Waals surface area (Å²) in [6.45, 7) is 3.37. The topological polar surface area (TPSA) is 73.7 Å². The van der Waals surface area contributed by atoms with Crippen molar-refractivity contribution in [1.29, 1.82) is 0 Å². The van der Waals surface area contributed by atoms with Crippen LogP contribution in [0.15, 0.2) is 36.7 Å². The highest BCUT2D eigenvalue weighted by Crippen LogP contribution is 2.48. The molecule has 1 aromatic heterocycles. The summed E-state index contributed by atoms with van der Waals surface area (Å²) in [7, 11) is 3.43. The summed E-state index contributed by atoms with van der Waals surface area (Å²) < 4.78 is 30.8. The number of hydrogen-bond acceptors (Lipinski definition) is 4. The molecule has 7 rings (SSSR count). The van der Waals surface area contributed by atoms with Gasteiger partial charge in [0.05, 0.1) is 12.7 Å². The third kappa shape index (κ3) is 4.75. The van der Waals surface area contributed by atoms with Crippen molar-refractivity contribution in [1.82, 2.24) is 24.9 Å². The predicted octanol–water partition coefficient (Wildman–Crippen LogP) is 6.02. The SMILES string of the molecule is CNC(=O)N1Cc2cc(C3CC4CCC(C3)N4C(C)=O)cc(N3CCCc4cc(-c5cnn(C)c5)c(C(F)F)cc43)c2C1. The molecule has 10 heteroatoms. The Kier molecular flexibility index (Phi) is 6.90. The second kappa shape index (κ2) is 10.6. The van der Waals surface area contributed by atoms with E-state index in [0.717, 1.165) is 66.6 Å². The van der Waals surface area contributed by atoms with E-state index in [1.54, 1.807) is 49.1 Å². The third-order valence-electron chi connectivity index (χ3n) is 10.0. The molecule has 5 heterocycles. The normalized spacial score (nSPS) is 22.7. The van der Waals surface area contributed by atoms with Crippen molar-refractivity contribution in [2.45, 2.75) is 83.0 Å². The first kappa shape index (κ1) is 27.9. The number of aromatic nitrogens is 2. The molecule has 2 aromatic carbocycles. The van der Waals surface area contributed by atoms with Crippen molar-refractivity contribution in [2.75, 3.05) is 18.5 Å². The number of hydrogen-bond donors (Lipinski definition) is 1. The number of anilines is 2. The smallest absolute Gasteiger partial charge is 0.317 e. The number of amides is 3. The summed E-state index contributed by atoms with van der Waals surface area (Å²) in [6.07, 6.45) is 6.42. The molecule has 1 N–H and O–H groups in total. The fourth-order valence-corrected chi connectivity index (χ4v) is 8.15. The first-order valence-corrected chi connectivity index (χ1v) is 15.3. The molecular weight excluding hydrogens is 550 g/mol. The highest BCUT2D eigenvalue weighted by Gasteiger charge is 2.43. The lowest BCUT2D eigenvalue weighted by Crippen LogP contribution is -2.44. The first-order valence-electron chi connectivity index (χ1n) is 15.3. The molecule has 4 aliphatic rings. The number of rotatable bonds is 4. The monoisotopic (exact) mass is 588 g/mol. The van der Waals surface area contributed by atoms with Crippen LogP contribution >= 0.6 is 0 Å². The van der Waals surface area contributed by atoms with Gasteiger partial charge >= 0.3 is 6.03 Å². The van der Waals surface area contributed by atoms with E-state index in [0.29, 0.717) is 36.7 Å². The van der Waals surface area contributed by atoms with Gasteiger partial charge in [-0.15, -0.1) is 0 Å². The summed E-state index contributed by atoms with van der Waals surface area (Å²) in [6, 6.07) is 8.51. The number of piperidine rings is 1. The Labute approximate surface area is 250 Å². The van der Waals surface area contributed by atoms with Crippen LogP contribution in [0.25, 0.3) is 11.1 Å². The fourth-order valence-electron chi connectivity index (χ4n) is 8.15. The molecule has 0 radical (unpaired) electrons. The van der Waals surface area contributed by atoms with Gasteiger partial charge in [-0.25, -0.2) is 13.6 Å². The van der Waals surface area contributed by atoms with Gasteiger partial charge in [0.25, 0.3) is 6.43 Å². The van der Waals surface area contributed by atoms with Crippen LogP contribution < -0.4 is 10.2 Å². The molecule has 0 saturated carbocycles. The molecule has 2 bridgehead atoms. The third-order valence-corrected chi connectivity index (χ3v) is 10.0. The zero-order valence-corrected chi connectivity index (χ0v) is 24.9. The molecule has 2 saturated heterocycles. The van der Waals surface area contributed by atoms with Crippen LogP contribution in [0, 0.1) is 0 Å². The predicted molar refractivity (Wildman–Crippen MR) is 160 cm³/mol. The van der Waals surface area contributed by atoms with Gasteiger partial charge in [-0.1, -0.05) is 6.07 Å². The van der Waals surface area contributed by atoms with Gasteiger partial charge < -0.3 is 20.0 Å². The minimum Gasteiger partial charge on any atom is -0.341 e. The van der Waals surface area contributed by atoms with Crippen molar-refractivity contribution < 1.29 is 18.4 Å². The summed E-state index contributed by atoms with van der Waals surface area (Å²) in [4.78, 5) is 31.2. The molecule has 4 aliphatic heterocycles. The zero-order chi connectivity index (χ0) is 30.0. The van der Waals surface area contributed by atoms with Crippen LogP contribution in [-0.2, 0) is 31.4 Å². The summed E-state index contributed by atoms with van der Waals surface area (Å²) in [5.41, 5.74) is 7.52. The molecule has 2 fully saturated rings. The maximum Gasteiger partial charge on any atom is 0.317 e. The van der Waals surface area contributed by atoms with Crippen molar-refractivity contribution in [3.63, 3.8) is 0 Å². The first-order chi connectivity index (χ1) is 20.7. The van der Waals surface area contributed by atoms with Crippen molar-refractivity contribution in [3.8, 4) is 11.1 Å². The average molecular weight is 589 g/mol. The van der Waals surface area contributed by atoms with Gasteiger partial charge in [0.15, 0.2) is 0 Å². The number of alkyl halides is 2. The van der Waals surface area contributed by atoms with Crippen LogP contribution in [0.5, 0.6) is 0 Å². The molecule has 0 spiro atoms. The van der Waals surface area contributed by atoms with E-state index in [-0.39, 0.29) is 29.6 Å². The van der Waals surface area contributed by atoms with Gasteiger partial charge in [0.1, 0.15) is 0 Å². The Morgan fingerprint density at radius 3 is 2.44 bits per heavy atom. The van der Waals surface area contributed by atoms with Crippen LogP contribution in [0.3, 0.4) is 0 Å². The minimum absolute atomic E-state index is 0.00613. The lowest BCUT2D eigenvalue weighted by Gasteiger charge is -2.39. The highest BCUT2D eigenvalue weighted by molar-refractivity contribution is 5.80. The molecule has 0 aliphatic carbocycles. The Morgan fingerprint density at radius 1 is 1.02 bits per heavy atom. The quantitative estimate of drug-likeness (QED) is 0.405. The van der Waals surface area contributed by atoms with Gasteiger partial charge in [-0.3, -0.25) is 9.48 Å². The summed E-state index contributed by atoms with van der Waals surface area (Å²) in [5, 5.41) is 6.98. The van der Waals surface area contributed by atoms with E-state index >= 15 is 0 Å². The van der Waals surface area contributed by atoms with Crippen LogP contribution in [0.4, 0.5) is 25.0 Å². The number of carbonyl (C=O) groups excluding carboxylic acids is 2. The number of benzene rings is 2. The van der Waals surface area contributed by atoms with E-state index in [4.69, 9.17) is 0 Å². The Bertz CT molecular complexity index is 1590. The number of halogens is 2. The van der Waals surface area contributed by atoms with E-state index in [1.165, 1.54) is 5.56 Å². The van der Waals surface area contributed by atoms with Crippen LogP contribution in [0.2, 0.25) is 0 Å². The fraction of sp³-hybridized carbons (Fsp3) is 0.485. The van der Waals surface area contributed by atoms with Gasteiger partial charge in [-0.05, 0) is 84.9 Å². The standard InChI is InChI=1S/C33H38F2N6O2/c1-19(42)41-25-6-7-26(41)11-22(10-25)21-9-23-17-39(33(43)36-2)18-29(23)31(13-21)40-8-4-5-20-12-27(24-15-37-38(3)16-24)28(32(34)35)14-30(20)40/h9,12-16,22,25-26,32H,4-8,10-11,17-18H2,1-3H3,(H,36,43). The highest BCUT2D eigenvalue weighted by atomic mass is 19.3. The molecule has 3 aromatic rings.